The summed E-state index contributed by atoms with van der Waals surface area (Å²) < 4.78 is 0. The maximum atomic E-state index is 5.93. The first-order valence-corrected chi connectivity index (χ1v) is 8.07. The van der Waals surface area contributed by atoms with Gasteiger partial charge in [0.05, 0.1) is 0 Å². The normalized spacial score (nSPS) is 28.1. The van der Waals surface area contributed by atoms with Crippen LogP contribution in [0, 0.1) is 16.7 Å². The van der Waals surface area contributed by atoms with Crippen molar-refractivity contribution in [3.8, 4) is 0 Å². The summed E-state index contributed by atoms with van der Waals surface area (Å²) in [5.41, 5.74) is 6.76. The van der Waals surface area contributed by atoms with Gasteiger partial charge in [0, 0.05) is 19.6 Å². The molecule has 1 aliphatic carbocycles. The van der Waals surface area contributed by atoms with Crippen LogP contribution in [0.1, 0.15) is 46.0 Å². The topological polar surface area (TPSA) is 41.3 Å². The fourth-order valence-corrected chi connectivity index (χ4v) is 3.73. The van der Waals surface area contributed by atoms with Gasteiger partial charge in [-0.25, -0.2) is 0 Å². The van der Waals surface area contributed by atoms with Gasteiger partial charge in [-0.15, -0.1) is 0 Å². The minimum absolute atomic E-state index is 0.397. The van der Waals surface area contributed by atoms with Gasteiger partial charge in [0.1, 0.15) is 0 Å². The molecule has 3 heteroatoms. The molecule has 0 spiro atoms. The first-order valence-electron chi connectivity index (χ1n) is 8.07. The van der Waals surface area contributed by atoms with Gasteiger partial charge in [0.15, 0.2) is 0 Å². The predicted molar refractivity (Wildman–Crippen MR) is 82.2 cm³/mol. The first kappa shape index (κ1) is 15.3. The molecule has 1 heterocycles. The maximum absolute atomic E-state index is 5.93. The van der Waals surface area contributed by atoms with Crippen molar-refractivity contribution >= 4 is 0 Å². The zero-order valence-corrected chi connectivity index (χ0v) is 13.2. The Bertz CT molecular complexity index is 278. The molecule has 19 heavy (non-hydrogen) atoms. The molecule has 3 N–H and O–H groups in total. The van der Waals surface area contributed by atoms with E-state index in [1.54, 1.807) is 0 Å². The van der Waals surface area contributed by atoms with E-state index in [1.165, 1.54) is 45.2 Å². The van der Waals surface area contributed by atoms with Crippen LogP contribution < -0.4 is 11.1 Å². The number of rotatable bonds is 6. The number of nitrogens with two attached hydrogens (primary N) is 1. The van der Waals surface area contributed by atoms with Crippen molar-refractivity contribution in [2.45, 2.75) is 46.0 Å². The van der Waals surface area contributed by atoms with Crippen molar-refractivity contribution < 1.29 is 0 Å². The highest BCUT2D eigenvalue weighted by atomic mass is 15.1. The Kier molecular flexibility index (Phi) is 4.91. The summed E-state index contributed by atoms with van der Waals surface area (Å²) in [4.78, 5) is 2.49. The van der Waals surface area contributed by atoms with E-state index in [-0.39, 0.29) is 0 Å². The standard InChI is InChI=1S/C16H33N3/c1-15(2,14-6-4-9-19(3)10-14)12-18-13-16(11-17)7-5-8-16/h14,18H,4-13,17H2,1-3H3. The fourth-order valence-electron chi connectivity index (χ4n) is 3.73. The molecule has 1 aliphatic heterocycles. The molecule has 0 aromatic heterocycles. The maximum Gasteiger partial charge on any atom is 0.00201 e. The summed E-state index contributed by atoms with van der Waals surface area (Å²) in [5, 5.41) is 3.73. The lowest BCUT2D eigenvalue weighted by Crippen LogP contribution is -2.49. The SMILES string of the molecule is CN1CCCC(C(C)(C)CNCC2(CN)CCC2)C1. The lowest BCUT2D eigenvalue weighted by Gasteiger charge is -2.44. The Morgan fingerprint density at radius 1 is 1.32 bits per heavy atom. The highest BCUT2D eigenvalue weighted by molar-refractivity contribution is 4.92. The molecular formula is C16H33N3. The third-order valence-corrected chi connectivity index (χ3v) is 5.66. The van der Waals surface area contributed by atoms with Crippen molar-refractivity contribution in [3.05, 3.63) is 0 Å². The molecule has 0 aromatic carbocycles. The summed E-state index contributed by atoms with van der Waals surface area (Å²) in [6, 6.07) is 0. The van der Waals surface area contributed by atoms with Crippen LogP contribution in [0.4, 0.5) is 0 Å². The molecule has 1 unspecified atom stereocenters. The second-order valence-electron chi connectivity index (χ2n) is 7.75. The predicted octanol–water partition coefficient (Wildman–Crippen LogP) is 2.07. The number of hydrogen-bond acceptors (Lipinski definition) is 3. The molecule has 0 aromatic rings. The van der Waals surface area contributed by atoms with Crippen LogP contribution in [0.25, 0.3) is 0 Å². The summed E-state index contributed by atoms with van der Waals surface area (Å²) in [5.74, 6) is 0.828. The lowest BCUT2D eigenvalue weighted by molar-refractivity contribution is 0.0893. The molecule has 2 aliphatic rings. The van der Waals surface area contributed by atoms with E-state index in [1.807, 2.05) is 0 Å². The zero-order valence-electron chi connectivity index (χ0n) is 13.2. The largest absolute Gasteiger partial charge is 0.330 e. The minimum Gasteiger partial charge on any atom is -0.330 e. The third-order valence-electron chi connectivity index (χ3n) is 5.66. The van der Waals surface area contributed by atoms with Crippen molar-refractivity contribution in [1.29, 1.82) is 0 Å². The second kappa shape index (κ2) is 6.11. The number of nitrogens with zero attached hydrogens (tertiary/aromatic N) is 1. The van der Waals surface area contributed by atoms with Gasteiger partial charge in [-0.2, -0.15) is 0 Å². The molecule has 3 nitrogen and oxygen atoms in total. The molecule has 2 fully saturated rings. The Balaban J connectivity index is 1.77. The highest BCUT2D eigenvalue weighted by Gasteiger charge is 2.37. The van der Waals surface area contributed by atoms with Crippen molar-refractivity contribution in [2.75, 3.05) is 39.8 Å². The van der Waals surface area contributed by atoms with Crippen molar-refractivity contribution in [1.82, 2.24) is 10.2 Å². The molecule has 0 radical (unpaired) electrons. The van der Waals surface area contributed by atoms with Crippen LogP contribution in [0.3, 0.4) is 0 Å². The van der Waals surface area contributed by atoms with E-state index in [4.69, 9.17) is 5.73 Å². The van der Waals surface area contributed by atoms with Gasteiger partial charge >= 0.3 is 0 Å². The molecule has 1 saturated heterocycles. The molecule has 112 valence electrons. The molecule has 0 amide bonds. The van der Waals surface area contributed by atoms with E-state index >= 15 is 0 Å². The third kappa shape index (κ3) is 3.71. The molecular weight excluding hydrogens is 234 g/mol. The van der Waals surface area contributed by atoms with Crippen LogP contribution in [-0.4, -0.2) is 44.7 Å². The van der Waals surface area contributed by atoms with Crippen LogP contribution in [-0.2, 0) is 0 Å². The monoisotopic (exact) mass is 267 g/mol. The number of hydrogen-bond donors (Lipinski definition) is 2. The zero-order chi connectivity index (χ0) is 13.9. The first-order chi connectivity index (χ1) is 8.97. The Morgan fingerprint density at radius 3 is 2.58 bits per heavy atom. The lowest BCUT2D eigenvalue weighted by atomic mass is 9.68. The highest BCUT2D eigenvalue weighted by Crippen LogP contribution is 2.39. The smallest absolute Gasteiger partial charge is 0.00201 e. The van der Waals surface area contributed by atoms with E-state index in [2.05, 4.69) is 31.1 Å². The molecule has 0 bridgehead atoms. The fraction of sp³-hybridized carbons (Fsp3) is 1.00. The van der Waals surface area contributed by atoms with Gasteiger partial charge in [-0.05, 0) is 62.6 Å². The van der Waals surface area contributed by atoms with Crippen LogP contribution in [0.15, 0.2) is 0 Å². The number of nitrogens with one attached hydrogen (secondary N) is 1. The van der Waals surface area contributed by atoms with Gasteiger partial charge in [-0.1, -0.05) is 20.3 Å². The number of likely N-dealkylation sites (tertiary alicyclic amines) is 1. The summed E-state index contributed by atoms with van der Waals surface area (Å²) in [7, 11) is 2.26. The molecule has 2 rings (SSSR count). The van der Waals surface area contributed by atoms with E-state index in [0.717, 1.165) is 25.6 Å². The van der Waals surface area contributed by atoms with E-state index in [9.17, 15) is 0 Å². The number of piperidine rings is 1. The average Bonchev–Trinajstić information content (AvgIpc) is 2.32. The van der Waals surface area contributed by atoms with E-state index < -0.39 is 0 Å². The van der Waals surface area contributed by atoms with Crippen LogP contribution in [0.2, 0.25) is 0 Å². The van der Waals surface area contributed by atoms with Crippen LogP contribution in [0.5, 0.6) is 0 Å². The van der Waals surface area contributed by atoms with Crippen LogP contribution >= 0.6 is 0 Å². The second-order valence-corrected chi connectivity index (χ2v) is 7.75. The van der Waals surface area contributed by atoms with Gasteiger partial charge in [0.2, 0.25) is 0 Å². The minimum atomic E-state index is 0.397. The van der Waals surface area contributed by atoms with Gasteiger partial charge in [0.25, 0.3) is 0 Å². The van der Waals surface area contributed by atoms with Gasteiger partial charge in [-0.3, -0.25) is 0 Å². The van der Waals surface area contributed by atoms with Gasteiger partial charge < -0.3 is 16.0 Å². The Labute approximate surface area is 119 Å². The van der Waals surface area contributed by atoms with Crippen molar-refractivity contribution in [2.24, 2.45) is 22.5 Å². The Hall–Kier alpha value is -0.120. The van der Waals surface area contributed by atoms with E-state index in [0.29, 0.717) is 10.8 Å². The summed E-state index contributed by atoms with van der Waals surface area (Å²) in [6.07, 6.45) is 6.76. The quantitative estimate of drug-likeness (QED) is 0.774. The Morgan fingerprint density at radius 2 is 2.05 bits per heavy atom. The van der Waals surface area contributed by atoms with Crippen molar-refractivity contribution in [3.63, 3.8) is 0 Å². The molecule has 1 saturated carbocycles. The summed E-state index contributed by atoms with van der Waals surface area (Å²) in [6.45, 7) is 10.5. The summed E-state index contributed by atoms with van der Waals surface area (Å²) >= 11 is 0. The molecule has 1 atom stereocenters. The average molecular weight is 267 g/mol.